The highest BCUT2D eigenvalue weighted by atomic mass is 32.1. The van der Waals surface area contributed by atoms with E-state index in [1.165, 1.54) is 0 Å². The van der Waals surface area contributed by atoms with Crippen LogP contribution in [-0.4, -0.2) is 28.0 Å². The molecule has 4 nitrogen and oxygen atoms in total. The SMILES string of the molecule is CCOCC(C(C)C)n1c(CC)n[nH]c1=S. The quantitative estimate of drug-likeness (QED) is 0.781. The summed E-state index contributed by atoms with van der Waals surface area (Å²) in [7, 11) is 0. The zero-order valence-electron chi connectivity index (χ0n) is 10.5. The number of aromatic amines is 1. The highest BCUT2D eigenvalue weighted by molar-refractivity contribution is 7.71. The fourth-order valence-corrected chi connectivity index (χ4v) is 2.02. The maximum atomic E-state index is 5.53. The molecular weight excluding hydrogens is 222 g/mol. The third kappa shape index (κ3) is 2.92. The lowest BCUT2D eigenvalue weighted by molar-refractivity contribution is 0.0947. The van der Waals surface area contributed by atoms with Gasteiger partial charge in [0.2, 0.25) is 0 Å². The Morgan fingerprint density at radius 3 is 2.62 bits per heavy atom. The molecule has 92 valence electrons. The summed E-state index contributed by atoms with van der Waals surface area (Å²) >= 11 is 5.27. The fourth-order valence-electron chi connectivity index (χ4n) is 1.73. The average Bonchev–Trinajstić information content (AvgIpc) is 2.61. The van der Waals surface area contributed by atoms with Crippen molar-refractivity contribution in [2.24, 2.45) is 5.92 Å². The zero-order valence-corrected chi connectivity index (χ0v) is 11.3. The van der Waals surface area contributed by atoms with E-state index in [9.17, 15) is 0 Å². The van der Waals surface area contributed by atoms with Gasteiger partial charge in [0.15, 0.2) is 4.77 Å². The minimum Gasteiger partial charge on any atom is -0.380 e. The largest absolute Gasteiger partial charge is 0.380 e. The molecule has 0 bridgehead atoms. The van der Waals surface area contributed by atoms with Crippen LogP contribution < -0.4 is 0 Å². The van der Waals surface area contributed by atoms with E-state index >= 15 is 0 Å². The first-order valence-corrected chi connectivity index (χ1v) is 6.26. The predicted octanol–water partition coefficient (Wildman–Crippen LogP) is 2.74. The third-order valence-electron chi connectivity index (χ3n) is 2.69. The van der Waals surface area contributed by atoms with E-state index in [-0.39, 0.29) is 6.04 Å². The summed E-state index contributed by atoms with van der Waals surface area (Å²) in [6, 6.07) is 0.265. The van der Waals surface area contributed by atoms with Gasteiger partial charge in [0, 0.05) is 13.0 Å². The van der Waals surface area contributed by atoms with Crippen molar-refractivity contribution in [3.63, 3.8) is 0 Å². The van der Waals surface area contributed by atoms with Gasteiger partial charge in [-0.05, 0) is 25.1 Å². The Balaban J connectivity index is 2.99. The van der Waals surface area contributed by atoms with Gasteiger partial charge in [0.25, 0.3) is 0 Å². The molecule has 0 aliphatic heterocycles. The van der Waals surface area contributed by atoms with Crippen LogP contribution in [0.25, 0.3) is 0 Å². The lowest BCUT2D eigenvalue weighted by Crippen LogP contribution is -2.23. The van der Waals surface area contributed by atoms with Gasteiger partial charge >= 0.3 is 0 Å². The topological polar surface area (TPSA) is 42.8 Å². The third-order valence-corrected chi connectivity index (χ3v) is 2.98. The van der Waals surface area contributed by atoms with Crippen LogP contribution in [-0.2, 0) is 11.2 Å². The summed E-state index contributed by atoms with van der Waals surface area (Å²) < 4.78 is 8.31. The van der Waals surface area contributed by atoms with Crippen molar-refractivity contribution in [2.75, 3.05) is 13.2 Å². The van der Waals surface area contributed by atoms with Crippen molar-refractivity contribution in [1.82, 2.24) is 14.8 Å². The number of aryl methyl sites for hydroxylation is 1. The average molecular weight is 243 g/mol. The van der Waals surface area contributed by atoms with Crippen LogP contribution in [0.5, 0.6) is 0 Å². The molecule has 1 unspecified atom stereocenters. The maximum absolute atomic E-state index is 5.53. The van der Waals surface area contributed by atoms with Crippen molar-refractivity contribution in [3.05, 3.63) is 10.6 Å². The van der Waals surface area contributed by atoms with E-state index < -0.39 is 0 Å². The standard InChI is InChI=1S/C11H21N3OS/c1-5-10-12-13-11(16)14(10)9(8(3)4)7-15-6-2/h8-9H,5-7H2,1-4H3,(H,13,16). The van der Waals surface area contributed by atoms with E-state index in [1.807, 2.05) is 6.92 Å². The highest BCUT2D eigenvalue weighted by Gasteiger charge is 2.19. The number of hydrogen-bond acceptors (Lipinski definition) is 3. The molecule has 1 atom stereocenters. The zero-order chi connectivity index (χ0) is 12.1. The smallest absolute Gasteiger partial charge is 0.195 e. The molecule has 5 heteroatoms. The predicted molar refractivity (Wildman–Crippen MR) is 67.2 cm³/mol. The van der Waals surface area contributed by atoms with Gasteiger partial charge in [-0.1, -0.05) is 20.8 Å². The van der Waals surface area contributed by atoms with Gasteiger partial charge in [-0.3, -0.25) is 9.67 Å². The number of ether oxygens (including phenoxy) is 1. The Morgan fingerprint density at radius 1 is 1.44 bits per heavy atom. The van der Waals surface area contributed by atoms with Crippen LogP contribution in [0.4, 0.5) is 0 Å². The summed E-state index contributed by atoms with van der Waals surface area (Å²) in [4.78, 5) is 0. The molecule has 0 spiro atoms. The summed E-state index contributed by atoms with van der Waals surface area (Å²) in [5.41, 5.74) is 0. The minimum absolute atomic E-state index is 0.265. The van der Waals surface area contributed by atoms with Crippen LogP contribution in [0, 0.1) is 10.7 Å². The first-order chi connectivity index (χ1) is 7.61. The molecule has 16 heavy (non-hydrogen) atoms. The van der Waals surface area contributed by atoms with Gasteiger partial charge < -0.3 is 4.74 Å². The van der Waals surface area contributed by atoms with Gasteiger partial charge in [-0.2, -0.15) is 5.10 Å². The second-order valence-corrected chi connectivity index (χ2v) is 4.53. The van der Waals surface area contributed by atoms with Crippen molar-refractivity contribution in [1.29, 1.82) is 0 Å². The molecule has 1 N–H and O–H groups in total. The Labute approximate surface area is 102 Å². The Bertz CT molecular complexity index is 370. The van der Waals surface area contributed by atoms with E-state index in [0.29, 0.717) is 17.3 Å². The lowest BCUT2D eigenvalue weighted by Gasteiger charge is -2.23. The van der Waals surface area contributed by atoms with E-state index in [4.69, 9.17) is 17.0 Å². The van der Waals surface area contributed by atoms with E-state index in [1.54, 1.807) is 0 Å². The molecule has 1 aromatic heterocycles. The minimum atomic E-state index is 0.265. The fraction of sp³-hybridized carbons (Fsp3) is 0.818. The van der Waals surface area contributed by atoms with Crippen molar-refractivity contribution in [3.8, 4) is 0 Å². The van der Waals surface area contributed by atoms with Gasteiger partial charge in [0.1, 0.15) is 5.82 Å². The van der Waals surface area contributed by atoms with Crippen LogP contribution >= 0.6 is 12.2 Å². The molecule has 0 saturated heterocycles. The highest BCUT2D eigenvalue weighted by Crippen LogP contribution is 2.20. The summed E-state index contributed by atoms with van der Waals surface area (Å²) in [6.45, 7) is 9.87. The number of nitrogens with one attached hydrogen (secondary N) is 1. The van der Waals surface area contributed by atoms with Crippen LogP contribution in [0.3, 0.4) is 0 Å². The molecule has 0 fully saturated rings. The van der Waals surface area contributed by atoms with Crippen molar-refractivity contribution in [2.45, 2.75) is 40.2 Å². The van der Waals surface area contributed by atoms with Crippen LogP contribution in [0.2, 0.25) is 0 Å². The van der Waals surface area contributed by atoms with E-state index in [2.05, 4.69) is 35.5 Å². The van der Waals surface area contributed by atoms with E-state index in [0.717, 1.165) is 18.9 Å². The molecule has 0 radical (unpaired) electrons. The molecule has 0 aliphatic rings. The second-order valence-electron chi connectivity index (χ2n) is 4.14. The Kier molecular flexibility index (Phi) is 5.15. The van der Waals surface area contributed by atoms with Gasteiger partial charge in [-0.25, -0.2) is 0 Å². The molecular formula is C11H21N3OS. The first kappa shape index (κ1) is 13.4. The number of hydrogen-bond donors (Lipinski definition) is 1. The van der Waals surface area contributed by atoms with Crippen molar-refractivity contribution < 1.29 is 4.74 Å². The second kappa shape index (κ2) is 6.15. The molecule has 1 rings (SSSR count). The number of aromatic nitrogens is 3. The van der Waals surface area contributed by atoms with Crippen LogP contribution in [0.1, 0.15) is 39.6 Å². The number of nitrogens with zero attached hydrogens (tertiary/aromatic N) is 2. The molecule has 1 heterocycles. The molecule has 0 amide bonds. The number of H-pyrrole nitrogens is 1. The van der Waals surface area contributed by atoms with Gasteiger partial charge in [0.05, 0.1) is 12.6 Å². The normalized spacial score (nSPS) is 13.3. The monoisotopic (exact) mass is 243 g/mol. The Hall–Kier alpha value is -0.680. The Morgan fingerprint density at radius 2 is 2.12 bits per heavy atom. The number of rotatable bonds is 6. The molecule has 0 aromatic carbocycles. The molecule has 1 aromatic rings. The summed E-state index contributed by atoms with van der Waals surface area (Å²) in [5.74, 6) is 1.48. The first-order valence-electron chi connectivity index (χ1n) is 5.85. The van der Waals surface area contributed by atoms with Gasteiger partial charge in [-0.15, -0.1) is 0 Å². The van der Waals surface area contributed by atoms with Crippen molar-refractivity contribution >= 4 is 12.2 Å². The summed E-state index contributed by atoms with van der Waals surface area (Å²) in [5, 5.41) is 7.10. The van der Waals surface area contributed by atoms with Crippen LogP contribution in [0.15, 0.2) is 0 Å². The molecule has 0 aliphatic carbocycles. The molecule has 0 saturated carbocycles. The summed E-state index contributed by atoms with van der Waals surface area (Å²) in [6.07, 6.45) is 0.877. The maximum Gasteiger partial charge on any atom is 0.195 e. The lowest BCUT2D eigenvalue weighted by atomic mass is 10.1.